The van der Waals surface area contributed by atoms with Crippen LogP contribution in [0.1, 0.15) is 5.56 Å². The summed E-state index contributed by atoms with van der Waals surface area (Å²) in [6, 6.07) is 4.33. The van der Waals surface area contributed by atoms with Gasteiger partial charge in [0.15, 0.2) is 11.5 Å². The van der Waals surface area contributed by atoms with E-state index < -0.39 is 11.5 Å². The van der Waals surface area contributed by atoms with E-state index in [1.807, 2.05) is 0 Å². The maximum Gasteiger partial charge on any atom is 0.387 e. The summed E-state index contributed by atoms with van der Waals surface area (Å²) in [7, 11) is 1.29. The SMILES string of the molecule is COc1cccc(C=C[N+](=O)[O-])c1OC(F)F. The van der Waals surface area contributed by atoms with Crippen LogP contribution in [-0.2, 0) is 0 Å². The molecule has 0 aliphatic carbocycles. The van der Waals surface area contributed by atoms with Gasteiger partial charge in [-0.25, -0.2) is 0 Å². The van der Waals surface area contributed by atoms with Crippen LogP contribution in [0.4, 0.5) is 8.78 Å². The number of alkyl halides is 2. The number of para-hydroxylation sites is 1. The summed E-state index contributed by atoms with van der Waals surface area (Å²) in [5, 5.41) is 10.2. The first-order chi connectivity index (χ1) is 8.04. The number of rotatable bonds is 5. The number of methoxy groups -OCH3 is 1. The highest BCUT2D eigenvalue weighted by atomic mass is 19.3. The first-order valence-electron chi connectivity index (χ1n) is 4.48. The Kier molecular flexibility index (Phi) is 4.38. The number of halogens is 2. The first-order valence-corrected chi connectivity index (χ1v) is 4.48. The highest BCUT2D eigenvalue weighted by Crippen LogP contribution is 2.33. The fourth-order valence-corrected chi connectivity index (χ4v) is 1.18. The maximum atomic E-state index is 12.2. The van der Waals surface area contributed by atoms with E-state index in [0.717, 1.165) is 6.08 Å². The Bertz CT molecular complexity index is 434. The van der Waals surface area contributed by atoms with Crippen LogP contribution in [0.25, 0.3) is 6.08 Å². The second kappa shape index (κ2) is 5.78. The predicted octanol–water partition coefficient (Wildman–Crippen LogP) is 2.54. The van der Waals surface area contributed by atoms with Crippen LogP contribution in [0, 0.1) is 10.1 Å². The zero-order valence-electron chi connectivity index (χ0n) is 8.80. The smallest absolute Gasteiger partial charge is 0.387 e. The zero-order valence-corrected chi connectivity index (χ0v) is 8.80. The van der Waals surface area contributed by atoms with E-state index >= 15 is 0 Å². The predicted molar refractivity (Wildman–Crippen MR) is 55.7 cm³/mol. The molecule has 0 unspecified atom stereocenters. The van der Waals surface area contributed by atoms with Crippen molar-refractivity contribution in [1.82, 2.24) is 0 Å². The van der Waals surface area contributed by atoms with Gasteiger partial charge >= 0.3 is 6.61 Å². The number of ether oxygens (including phenoxy) is 2. The summed E-state index contributed by atoms with van der Waals surface area (Å²) < 4.78 is 33.5. The molecule has 0 spiro atoms. The van der Waals surface area contributed by atoms with Gasteiger partial charge in [0.25, 0.3) is 0 Å². The maximum absolute atomic E-state index is 12.2. The minimum absolute atomic E-state index is 0.0794. The topological polar surface area (TPSA) is 61.6 Å². The van der Waals surface area contributed by atoms with Crippen LogP contribution in [0.3, 0.4) is 0 Å². The van der Waals surface area contributed by atoms with Gasteiger partial charge in [-0.05, 0) is 6.07 Å². The molecule has 0 heterocycles. The fraction of sp³-hybridized carbons (Fsp3) is 0.200. The molecule has 0 radical (unpaired) electrons. The lowest BCUT2D eigenvalue weighted by Gasteiger charge is -2.11. The van der Waals surface area contributed by atoms with Crippen LogP contribution in [0.15, 0.2) is 24.4 Å². The van der Waals surface area contributed by atoms with Crippen molar-refractivity contribution in [3.63, 3.8) is 0 Å². The Morgan fingerprint density at radius 1 is 1.47 bits per heavy atom. The van der Waals surface area contributed by atoms with E-state index in [1.54, 1.807) is 0 Å². The number of benzene rings is 1. The molecule has 5 nitrogen and oxygen atoms in total. The Morgan fingerprint density at radius 3 is 2.71 bits per heavy atom. The summed E-state index contributed by atoms with van der Waals surface area (Å²) >= 11 is 0. The van der Waals surface area contributed by atoms with Gasteiger partial charge < -0.3 is 9.47 Å². The van der Waals surface area contributed by atoms with E-state index in [1.165, 1.54) is 25.3 Å². The molecule has 1 aromatic carbocycles. The Labute approximate surface area is 95.4 Å². The van der Waals surface area contributed by atoms with E-state index in [9.17, 15) is 18.9 Å². The molecule has 0 aromatic heterocycles. The van der Waals surface area contributed by atoms with E-state index in [-0.39, 0.29) is 17.1 Å². The van der Waals surface area contributed by atoms with Crippen molar-refractivity contribution in [1.29, 1.82) is 0 Å². The van der Waals surface area contributed by atoms with Crippen LogP contribution in [0.5, 0.6) is 11.5 Å². The van der Waals surface area contributed by atoms with E-state index in [4.69, 9.17) is 4.74 Å². The average molecular weight is 245 g/mol. The van der Waals surface area contributed by atoms with Gasteiger partial charge in [0, 0.05) is 11.6 Å². The minimum Gasteiger partial charge on any atom is -0.493 e. The standard InChI is InChI=1S/C10H9F2NO4/c1-16-8-4-2-3-7(5-6-13(14)15)9(8)17-10(11)12/h2-6,10H,1H3. The largest absolute Gasteiger partial charge is 0.493 e. The van der Waals surface area contributed by atoms with Crippen molar-refractivity contribution in [3.05, 3.63) is 40.1 Å². The Hall–Kier alpha value is -2.18. The molecule has 0 amide bonds. The third kappa shape index (κ3) is 3.71. The lowest BCUT2D eigenvalue weighted by Crippen LogP contribution is -2.05. The number of nitro groups is 1. The minimum atomic E-state index is -3.03. The Morgan fingerprint density at radius 2 is 2.18 bits per heavy atom. The quantitative estimate of drug-likeness (QED) is 0.590. The molecule has 0 fully saturated rings. The van der Waals surface area contributed by atoms with Crippen LogP contribution in [0.2, 0.25) is 0 Å². The third-order valence-electron chi connectivity index (χ3n) is 1.81. The molecule has 0 bridgehead atoms. The molecule has 17 heavy (non-hydrogen) atoms. The molecule has 1 rings (SSSR count). The lowest BCUT2D eigenvalue weighted by atomic mass is 10.2. The first kappa shape index (κ1) is 12.9. The molecule has 0 aliphatic heterocycles. The highest BCUT2D eigenvalue weighted by Gasteiger charge is 2.14. The van der Waals surface area contributed by atoms with Crippen molar-refractivity contribution in [2.75, 3.05) is 7.11 Å². The van der Waals surface area contributed by atoms with Crippen LogP contribution in [-0.4, -0.2) is 18.6 Å². The van der Waals surface area contributed by atoms with Gasteiger partial charge in [-0.15, -0.1) is 0 Å². The summed E-state index contributed by atoms with van der Waals surface area (Å²) in [6.07, 6.45) is 1.69. The second-order valence-electron chi connectivity index (χ2n) is 2.86. The summed E-state index contributed by atoms with van der Waals surface area (Å²) in [5.74, 6) is -0.154. The van der Waals surface area contributed by atoms with Crippen molar-refractivity contribution in [3.8, 4) is 11.5 Å². The van der Waals surface area contributed by atoms with Crippen molar-refractivity contribution in [2.45, 2.75) is 6.61 Å². The van der Waals surface area contributed by atoms with E-state index in [2.05, 4.69) is 4.74 Å². The second-order valence-corrected chi connectivity index (χ2v) is 2.86. The highest BCUT2D eigenvalue weighted by molar-refractivity contribution is 5.61. The van der Waals surface area contributed by atoms with Crippen LogP contribution < -0.4 is 9.47 Å². The normalized spacial score (nSPS) is 10.8. The van der Waals surface area contributed by atoms with Gasteiger partial charge in [-0.2, -0.15) is 8.78 Å². The van der Waals surface area contributed by atoms with Crippen LogP contribution >= 0.6 is 0 Å². The molecule has 0 saturated heterocycles. The van der Waals surface area contributed by atoms with Crippen molar-refractivity contribution in [2.24, 2.45) is 0 Å². The average Bonchev–Trinajstić information content (AvgIpc) is 2.26. The molecule has 1 aromatic rings. The molecule has 7 heteroatoms. The van der Waals surface area contributed by atoms with Gasteiger partial charge in [-0.3, -0.25) is 10.1 Å². The van der Waals surface area contributed by atoms with Crippen molar-refractivity contribution < 1.29 is 23.2 Å². The molecular formula is C10H9F2NO4. The number of hydrogen-bond donors (Lipinski definition) is 0. The van der Waals surface area contributed by atoms with E-state index in [0.29, 0.717) is 6.20 Å². The molecule has 0 aliphatic rings. The number of nitrogens with zero attached hydrogens (tertiary/aromatic N) is 1. The molecular weight excluding hydrogens is 236 g/mol. The fourth-order valence-electron chi connectivity index (χ4n) is 1.18. The summed E-state index contributed by atoms with van der Waals surface area (Å²) in [5.41, 5.74) is 0.140. The lowest BCUT2D eigenvalue weighted by molar-refractivity contribution is -0.400. The molecule has 0 N–H and O–H groups in total. The van der Waals surface area contributed by atoms with Gasteiger partial charge in [0.2, 0.25) is 6.20 Å². The monoisotopic (exact) mass is 245 g/mol. The third-order valence-corrected chi connectivity index (χ3v) is 1.81. The van der Waals surface area contributed by atoms with Gasteiger partial charge in [0.1, 0.15) is 0 Å². The molecule has 0 saturated carbocycles. The van der Waals surface area contributed by atoms with Gasteiger partial charge in [-0.1, -0.05) is 12.1 Å². The summed E-state index contributed by atoms with van der Waals surface area (Å²) in [6.45, 7) is -3.03. The molecule has 0 atom stereocenters. The zero-order chi connectivity index (χ0) is 12.8. The van der Waals surface area contributed by atoms with Gasteiger partial charge in [0.05, 0.1) is 12.0 Å². The summed E-state index contributed by atoms with van der Waals surface area (Å²) in [4.78, 5) is 9.46. The molecule has 92 valence electrons. The Balaban J connectivity index is 3.14. The van der Waals surface area contributed by atoms with Crippen molar-refractivity contribution >= 4 is 6.08 Å². The number of hydrogen-bond acceptors (Lipinski definition) is 4.